The first-order valence-electron chi connectivity index (χ1n) is 24.3. The Kier molecular flexibility index (Phi) is 25.7. The summed E-state index contributed by atoms with van der Waals surface area (Å²) in [5, 5.41) is 46.3. The van der Waals surface area contributed by atoms with Crippen LogP contribution >= 0.6 is 0 Å². The zero-order valence-corrected chi connectivity index (χ0v) is 41.7. The number of hydrogen-bond donors (Lipinski definition) is 7. The van der Waals surface area contributed by atoms with Gasteiger partial charge in [0.25, 0.3) is 17.7 Å². The fraction of sp³-hybridized carbons (Fsp3) is 0.625. The molecule has 2 fully saturated rings. The van der Waals surface area contributed by atoms with Gasteiger partial charge in [-0.2, -0.15) is 0 Å². The molecule has 2 saturated heterocycles. The monoisotopic (exact) mass is 1030 g/mol. The van der Waals surface area contributed by atoms with Crippen molar-refractivity contribution in [3.05, 3.63) is 35.4 Å². The molecule has 0 saturated carbocycles. The van der Waals surface area contributed by atoms with E-state index in [0.29, 0.717) is 24.6 Å². The summed E-state index contributed by atoms with van der Waals surface area (Å²) >= 11 is 0. The van der Waals surface area contributed by atoms with Crippen LogP contribution in [0.25, 0.3) is 0 Å². The molecule has 2 aliphatic rings. The Morgan fingerprint density at radius 1 is 0.603 bits per heavy atom. The number of hydrogen-bond acceptors (Lipinski definition) is 17. The first-order valence-corrected chi connectivity index (χ1v) is 24.3. The second-order valence-corrected chi connectivity index (χ2v) is 18.5. The number of benzene rings is 1. The van der Waals surface area contributed by atoms with Crippen LogP contribution in [0.4, 0.5) is 0 Å². The number of nitrogens with one attached hydrogen (secondary N) is 3. The van der Waals surface area contributed by atoms with Crippen LogP contribution in [0.3, 0.4) is 0 Å². The van der Waals surface area contributed by atoms with Gasteiger partial charge >= 0.3 is 29.8 Å². The summed E-state index contributed by atoms with van der Waals surface area (Å²) in [6, 6.07) is 1.52. The number of carbonyl (C=O) groups is 12. The molecule has 25 heteroatoms. The molecule has 2 heterocycles. The number of aliphatic carboxylic acids is 4. The van der Waals surface area contributed by atoms with E-state index in [1.807, 2.05) is 14.1 Å². The molecular weight excluding hydrogens is 961 g/mol. The Bertz CT molecular complexity index is 2120. The summed E-state index contributed by atoms with van der Waals surface area (Å²) in [5.41, 5.74) is -0.518. The number of ketones is 2. The Labute approximate surface area is 422 Å². The van der Waals surface area contributed by atoms with Gasteiger partial charge in [-0.25, -0.2) is 4.79 Å². The van der Waals surface area contributed by atoms with E-state index in [-0.39, 0.29) is 55.8 Å². The summed E-state index contributed by atoms with van der Waals surface area (Å²) in [7, 11) is 6.18. The summed E-state index contributed by atoms with van der Waals surface area (Å²) in [4.78, 5) is 165. The van der Waals surface area contributed by atoms with E-state index in [4.69, 9.17) is 4.84 Å². The number of carboxylic acid groups (broad SMARTS) is 4. The van der Waals surface area contributed by atoms with Gasteiger partial charge in [-0.3, -0.25) is 57.6 Å². The largest absolute Gasteiger partial charge is 0.481 e. The third-order valence-corrected chi connectivity index (χ3v) is 12.5. The summed E-state index contributed by atoms with van der Waals surface area (Å²) < 4.78 is 0. The van der Waals surface area contributed by atoms with Crippen molar-refractivity contribution < 1.29 is 82.8 Å². The van der Waals surface area contributed by atoms with Crippen LogP contribution in [0.5, 0.6) is 0 Å². The molecular formula is C48H70N8O17. The highest BCUT2D eigenvalue weighted by molar-refractivity contribution is 6.04. The van der Waals surface area contributed by atoms with Crippen molar-refractivity contribution in [3.63, 3.8) is 0 Å². The van der Waals surface area contributed by atoms with Gasteiger partial charge in [0, 0.05) is 115 Å². The molecule has 73 heavy (non-hydrogen) atoms. The quantitative estimate of drug-likeness (QED) is 0.0401. The van der Waals surface area contributed by atoms with Crippen molar-refractivity contribution in [3.8, 4) is 0 Å². The van der Waals surface area contributed by atoms with Gasteiger partial charge in [0.2, 0.25) is 11.8 Å². The molecule has 0 bridgehead atoms. The lowest BCUT2D eigenvalue weighted by Crippen LogP contribution is -2.47. The Morgan fingerprint density at radius 3 is 1.60 bits per heavy atom. The number of rotatable bonds is 29. The van der Waals surface area contributed by atoms with E-state index in [1.165, 1.54) is 18.2 Å². The number of carboxylic acids is 4. The molecule has 0 aromatic heterocycles. The fourth-order valence-electron chi connectivity index (χ4n) is 7.90. The summed E-state index contributed by atoms with van der Waals surface area (Å²) in [5.74, 6) is -14.9. The van der Waals surface area contributed by atoms with Crippen LogP contribution in [0.1, 0.15) is 104 Å². The van der Waals surface area contributed by atoms with Crippen molar-refractivity contribution in [2.24, 2.45) is 11.8 Å². The maximum atomic E-state index is 13.8. The molecule has 404 valence electrons. The van der Waals surface area contributed by atoms with Crippen molar-refractivity contribution in [2.75, 3.05) is 86.6 Å². The predicted molar refractivity (Wildman–Crippen MR) is 256 cm³/mol. The molecule has 3 rings (SSSR count). The third kappa shape index (κ3) is 22.7. The second kappa shape index (κ2) is 31.0. The standard InChI is InChI=1S/C48H70N8O17/c1-52-19-21-53(2)23-25-55(26-24-54(3)22-20-52)30-39(59)49-18-5-4-7-33(47(70)71)29-38(58)36(12-17-44(66)67)51-46(69)32(10-15-42(62)63)28-37(57)35(11-16-43(64)65)50-45(68)31-8-6-9-34(27-31)48(72)73-56-40(60)13-14-41(56)61/h6,8-9,27,32-33,35-36H,4-5,7,10-26,28-30H2,1-3H3,(H,49,59)(H,50,68)(H,51,69)(H,62,63)(H,64,65)(H,66,67)(H,70,71)/t32-,33-,35+,36+/m0/s1. The minimum absolute atomic E-state index is 0.00921. The van der Waals surface area contributed by atoms with Gasteiger partial charge in [-0.1, -0.05) is 12.5 Å². The van der Waals surface area contributed by atoms with Crippen molar-refractivity contribution in [2.45, 2.75) is 95.6 Å². The Hall–Kier alpha value is -6.70. The molecule has 5 amide bonds. The van der Waals surface area contributed by atoms with E-state index >= 15 is 0 Å². The molecule has 1 aromatic rings. The highest BCUT2D eigenvalue weighted by Crippen LogP contribution is 2.21. The Balaban J connectivity index is 1.66. The minimum Gasteiger partial charge on any atom is -0.481 e. The molecule has 2 aliphatic heterocycles. The molecule has 0 spiro atoms. The smallest absolute Gasteiger partial charge is 0.363 e. The maximum Gasteiger partial charge on any atom is 0.363 e. The normalized spacial score (nSPS) is 17.2. The van der Waals surface area contributed by atoms with E-state index in [1.54, 1.807) is 0 Å². The number of imide groups is 1. The van der Waals surface area contributed by atoms with Crippen LogP contribution in [0.15, 0.2) is 24.3 Å². The lowest BCUT2D eigenvalue weighted by molar-refractivity contribution is -0.172. The average Bonchev–Trinajstić information content (AvgIpc) is 3.65. The number of amides is 5. The topological polar surface area (TPSA) is 347 Å². The van der Waals surface area contributed by atoms with Crippen LogP contribution < -0.4 is 16.0 Å². The summed E-state index contributed by atoms with van der Waals surface area (Å²) in [6.07, 6.45) is -4.60. The molecule has 25 nitrogen and oxygen atoms in total. The molecule has 0 aliphatic carbocycles. The first kappa shape index (κ1) is 60.6. The fourth-order valence-corrected chi connectivity index (χ4v) is 7.90. The lowest BCUT2D eigenvalue weighted by Gasteiger charge is -2.30. The second-order valence-electron chi connectivity index (χ2n) is 18.5. The molecule has 4 atom stereocenters. The minimum atomic E-state index is -1.60. The average molecular weight is 1030 g/mol. The zero-order valence-electron chi connectivity index (χ0n) is 41.7. The van der Waals surface area contributed by atoms with Crippen LogP contribution in [-0.2, 0) is 52.8 Å². The predicted octanol–water partition coefficient (Wildman–Crippen LogP) is -0.282. The number of carbonyl (C=O) groups excluding carboxylic acids is 8. The van der Waals surface area contributed by atoms with Crippen LogP contribution in [0, 0.1) is 11.8 Å². The van der Waals surface area contributed by atoms with E-state index in [9.17, 15) is 78.0 Å². The number of likely N-dealkylation sites (N-methyl/N-ethyl adjacent to an activating group) is 3. The van der Waals surface area contributed by atoms with E-state index in [0.717, 1.165) is 45.3 Å². The van der Waals surface area contributed by atoms with Gasteiger partial charge in [0.1, 0.15) is 0 Å². The molecule has 7 N–H and O–H groups in total. The van der Waals surface area contributed by atoms with Gasteiger partial charge in [0.15, 0.2) is 11.6 Å². The maximum absolute atomic E-state index is 13.8. The zero-order chi connectivity index (χ0) is 54.2. The van der Waals surface area contributed by atoms with E-state index in [2.05, 4.69) is 42.6 Å². The third-order valence-electron chi connectivity index (χ3n) is 12.5. The number of Topliss-reactive ketones (excluding diaryl/α,β-unsaturated/α-hetero) is 2. The van der Waals surface area contributed by atoms with E-state index < -0.39 is 140 Å². The van der Waals surface area contributed by atoms with Crippen molar-refractivity contribution in [1.29, 1.82) is 0 Å². The Morgan fingerprint density at radius 2 is 1.08 bits per heavy atom. The van der Waals surface area contributed by atoms with Crippen molar-refractivity contribution in [1.82, 2.24) is 40.6 Å². The molecule has 0 radical (unpaired) electrons. The van der Waals surface area contributed by atoms with Crippen molar-refractivity contribution >= 4 is 70.9 Å². The summed E-state index contributed by atoms with van der Waals surface area (Å²) in [6.45, 7) is 7.01. The lowest BCUT2D eigenvalue weighted by atomic mass is 9.89. The number of hydroxylamine groups is 2. The number of nitrogens with zero attached hydrogens (tertiary/aromatic N) is 5. The highest BCUT2D eigenvalue weighted by atomic mass is 16.7. The molecule has 1 aromatic carbocycles. The van der Waals surface area contributed by atoms with Gasteiger partial charge in [-0.15, -0.1) is 5.06 Å². The van der Waals surface area contributed by atoms with Crippen LogP contribution in [-0.4, -0.2) is 215 Å². The highest BCUT2D eigenvalue weighted by Gasteiger charge is 2.35. The van der Waals surface area contributed by atoms with Gasteiger partial charge < -0.3 is 55.9 Å². The van der Waals surface area contributed by atoms with Gasteiger partial charge in [0.05, 0.1) is 30.1 Å². The van der Waals surface area contributed by atoms with Gasteiger partial charge in [-0.05, 0) is 71.4 Å². The SMILES string of the molecule is CN1CCN(C)CCN(CC(=O)NCCCC[C@@H](CC(=O)[C@@H](CCC(=O)O)NC(=O)[C@@H](CCC(=O)O)CC(=O)[C@@H](CCC(=O)O)NC(=O)c2cccc(C(=O)ON3C(=O)CCC3=O)c2)C(=O)O)CCN(C)CC1. The number of unbranched alkanes of at least 4 members (excludes halogenated alkanes) is 1. The molecule has 0 unspecified atom stereocenters. The first-order chi connectivity index (χ1) is 34.5. The van der Waals surface area contributed by atoms with Crippen LogP contribution in [0.2, 0.25) is 0 Å².